The number of nitrogens with zero attached hydrogens (tertiary/aromatic N) is 1. The molecule has 2 amide bonds. The van der Waals surface area contributed by atoms with Gasteiger partial charge in [-0.25, -0.2) is 9.59 Å². The van der Waals surface area contributed by atoms with Crippen LogP contribution in [0.4, 0.5) is 4.79 Å². The van der Waals surface area contributed by atoms with Gasteiger partial charge in [-0.05, 0) is 74.7 Å². The van der Waals surface area contributed by atoms with Crippen LogP contribution in [0.2, 0.25) is 0 Å². The minimum absolute atomic E-state index is 0.174. The molecular formula is C28H50N2O8. The maximum Gasteiger partial charge on any atom is 0.411 e. The summed E-state index contributed by atoms with van der Waals surface area (Å²) >= 11 is 0. The summed E-state index contributed by atoms with van der Waals surface area (Å²) in [6, 6.07) is -1.19. The van der Waals surface area contributed by atoms with E-state index < -0.39 is 35.6 Å². The van der Waals surface area contributed by atoms with E-state index in [1.165, 1.54) is 6.92 Å². The van der Waals surface area contributed by atoms with Crippen LogP contribution in [-0.4, -0.2) is 72.8 Å². The van der Waals surface area contributed by atoms with Crippen LogP contribution in [0.1, 0.15) is 94.4 Å². The molecule has 0 bridgehead atoms. The van der Waals surface area contributed by atoms with Gasteiger partial charge in [0.15, 0.2) is 6.29 Å². The van der Waals surface area contributed by atoms with E-state index in [-0.39, 0.29) is 17.9 Å². The van der Waals surface area contributed by atoms with E-state index >= 15 is 0 Å². The normalized spacial score (nSPS) is 20.4. The second-order valence-electron chi connectivity index (χ2n) is 11.4. The topological polar surface area (TPSA) is 113 Å². The molecule has 1 aliphatic rings. The molecule has 38 heavy (non-hydrogen) atoms. The number of methoxy groups -OCH3 is 1. The average molecular weight is 543 g/mol. The van der Waals surface area contributed by atoms with E-state index in [4.69, 9.17) is 23.7 Å². The van der Waals surface area contributed by atoms with Gasteiger partial charge in [0.1, 0.15) is 23.0 Å². The Morgan fingerprint density at radius 1 is 0.974 bits per heavy atom. The van der Waals surface area contributed by atoms with Crippen molar-refractivity contribution in [1.82, 2.24) is 10.2 Å². The summed E-state index contributed by atoms with van der Waals surface area (Å²) in [4.78, 5) is 39.6. The van der Waals surface area contributed by atoms with Crippen molar-refractivity contribution in [2.75, 3.05) is 20.3 Å². The van der Waals surface area contributed by atoms with Gasteiger partial charge < -0.3 is 29.0 Å². The Morgan fingerprint density at radius 3 is 2.03 bits per heavy atom. The van der Waals surface area contributed by atoms with Gasteiger partial charge in [0, 0.05) is 44.7 Å². The highest BCUT2D eigenvalue weighted by Gasteiger charge is 2.52. The van der Waals surface area contributed by atoms with Crippen molar-refractivity contribution in [3.05, 3.63) is 12.0 Å². The molecule has 0 aromatic heterocycles. The lowest BCUT2D eigenvalue weighted by Gasteiger charge is -2.35. The van der Waals surface area contributed by atoms with Gasteiger partial charge in [-0.3, -0.25) is 9.69 Å². The van der Waals surface area contributed by atoms with E-state index in [0.717, 1.165) is 12.8 Å². The monoisotopic (exact) mass is 542 g/mol. The van der Waals surface area contributed by atoms with Crippen LogP contribution in [0, 0.1) is 5.92 Å². The molecule has 0 aliphatic carbocycles. The van der Waals surface area contributed by atoms with Crippen LogP contribution in [0.3, 0.4) is 0 Å². The van der Waals surface area contributed by atoms with E-state index in [9.17, 15) is 14.4 Å². The quantitative estimate of drug-likeness (QED) is 0.151. The number of carbonyl (C=O) groups is 3. The maximum atomic E-state index is 13.5. The third-order valence-corrected chi connectivity index (χ3v) is 5.85. The lowest BCUT2D eigenvalue weighted by molar-refractivity contribution is -0.171. The zero-order chi connectivity index (χ0) is 29.1. The van der Waals surface area contributed by atoms with Crippen molar-refractivity contribution in [3.8, 4) is 0 Å². The Balaban J connectivity index is 3.28. The fourth-order valence-electron chi connectivity index (χ4n) is 4.46. The van der Waals surface area contributed by atoms with Gasteiger partial charge in [0.05, 0.1) is 7.11 Å². The molecule has 1 saturated heterocycles. The highest BCUT2D eigenvalue weighted by atomic mass is 16.7. The smallest absolute Gasteiger partial charge is 0.411 e. The molecule has 0 saturated carbocycles. The van der Waals surface area contributed by atoms with Crippen LogP contribution in [0.5, 0.6) is 0 Å². The second kappa shape index (κ2) is 15.3. The lowest BCUT2D eigenvalue weighted by Crippen LogP contribution is -2.50. The minimum atomic E-state index is -0.823. The molecule has 1 aliphatic heterocycles. The van der Waals surface area contributed by atoms with Gasteiger partial charge in [0.2, 0.25) is 5.91 Å². The number of hydrogen-bond donors (Lipinski definition) is 1. The molecule has 1 heterocycles. The molecular weight excluding hydrogens is 492 g/mol. The molecule has 0 spiro atoms. The molecule has 10 nitrogen and oxygen atoms in total. The van der Waals surface area contributed by atoms with Crippen LogP contribution >= 0.6 is 0 Å². The zero-order valence-electron chi connectivity index (χ0n) is 25.0. The molecule has 0 aromatic carbocycles. The van der Waals surface area contributed by atoms with Gasteiger partial charge in [-0.2, -0.15) is 0 Å². The molecule has 1 fully saturated rings. The number of carbonyl (C=O) groups excluding carboxylic acids is 3. The van der Waals surface area contributed by atoms with E-state index in [0.29, 0.717) is 38.2 Å². The zero-order valence-corrected chi connectivity index (χ0v) is 25.0. The van der Waals surface area contributed by atoms with Crippen molar-refractivity contribution >= 4 is 18.0 Å². The maximum absolute atomic E-state index is 13.5. The van der Waals surface area contributed by atoms with Crippen LogP contribution in [-0.2, 0) is 33.3 Å². The number of hydrogen-bond acceptors (Lipinski definition) is 8. The molecule has 0 unspecified atom stereocenters. The third kappa shape index (κ3) is 11.6. The van der Waals surface area contributed by atoms with Crippen molar-refractivity contribution in [2.24, 2.45) is 5.92 Å². The standard InChI is InChI=1S/C28H50N2O8/c1-11-35-25(36-12-2)21-17-23(24(32)37-27(4,5)6)30(26(33)38-28(7,8)9)22(21)16-14-13-15-20(34-10)18-29-19(3)31/h18,21-23,25H,11-17H2,1-10H3,(H,29,31)/t21-,22-,23-/m1/s1. The number of unbranched alkanes of at least 4 members (excludes halogenated alkanes) is 1. The van der Waals surface area contributed by atoms with Gasteiger partial charge in [-0.1, -0.05) is 6.42 Å². The first kappa shape index (κ1) is 33.7. The molecule has 3 atom stereocenters. The number of nitrogens with one attached hydrogen (secondary N) is 1. The SMILES string of the molecule is CCOC(OCC)[C@@H]1C[C@H](C(=O)OC(C)(C)C)N(C(=O)OC(C)(C)C)[C@@H]1CCCCC(=CNC(C)=O)OC. The van der Waals surface area contributed by atoms with E-state index in [2.05, 4.69) is 5.32 Å². The summed E-state index contributed by atoms with van der Waals surface area (Å²) in [5.41, 5.74) is -1.44. The predicted molar refractivity (Wildman–Crippen MR) is 144 cm³/mol. The van der Waals surface area contributed by atoms with Crippen molar-refractivity contribution in [3.63, 3.8) is 0 Å². The molecule has 1 rings (SSSR count). The van der Waals surface area contributed by atoms with Crippen molar-refractivity contribution in [2.45, 2.75) is 124 Å². The first-order chi connectivity index (χ1) is 17.6. The Kier molecular flexibility index (Phi) is 13.6. The largest absolute Gasteiger partial charge is 0.500 e. The first-order valence-electron chi connectivity index (χ1n) is 13.6. The number of esters is 1. The Hall–Kier alpha value is -2.33. The van der Waals surface area contributed by atoms with E-state index in [1.807, 2.05) is 13.8 Å². The van der Waals surface area contributed by atoms with Crippen LogP contribution in [0.15, 0.2) is 12.0 Å². The first-order valence-corrected chi connectivity index (χ1v) is 13.6. The van der Waals surface area contributed by atoms with Crippen LogP contribution in [0.25, 0.3) is 0 Å². The number of likely N-dealkylation sites (tertiary alicyclic amines) is 1. The summed E-state index contributed by atoms with van der Waals surface area (Å²) in [5, 5.41) is 2.63. The molecule has 0 radical (unpaired) electrons. The summed E-state index contributed by atoms with van der Waals surface area (Å²) in [7, 11) is 1.56. The number of ether oxygens (including phenoxy) is 5. The van der Waals surface area contributed by atoms with Crippen molar-refractivity contribution < 1.29 is 38.1 Å². The molecule has 1 N–H and O–H groups in total. The Morgan fingerprint density at radius 2 is 1.55 bits per heavy atom. The van der Waals surface area contributed by atoms with Gasteiger partial charge >= 0.3 is 12.1 Å². The lowest BCUT2D eigenvalue weighted by atomic mass is 9.93. The highest BCUT2D eigenvalue weighted by molar-refractivity contribution is 5.83. The van der Waals surface area contributed by atoms with Crippen LogP contribution < -0.4 is 5.32 Å². The molecule has 220 valence electrons. The highest BCUT2D eigenvalue weighted by Crippen LogP contribution is 2.39. The fourth-order valence-corrected chi connectivity index (χ4v) is 4.46. The fraction of sp³-hybridized carbons (Fsp3) is 0.821. The number of allylic oxidation sites excluding steroid dienone is 1. The van der Waals surface area contributed by atoms with Crippen molar-refractivity contribution in [1.29, 1.82) is 0 Å². The minimum Gasteiger partial charge on any atom is -0.500 e. The molecule has 10 heteroatoms. The summed E-state index contributed by atoms with van der Waals surface area (Å²) in [6.07, 6.45) is 3.44. The predicted octanol–water partition coefficient (Wildman–Crippen LogP) is 4.91. The number of amides is 2. The van der Waals surface area contributed by atoms with E-state index in [1.54, 1.807) is 59.8 Å². The third-order valence-electron chi connectivity index (χ3n) is 5.85. The van der Waals surface area contributed by atoms with Gasteiger partial charge in [0.25, 0.3) is 0 Å². The Bertz CT molecular complexity index is 794. The summed E-state index contributed by atoms with van der Waals surface area (Å²) < 4.78 is 28.7. The Labute approximate surface area is 228 Å². The van der Waals surface area contributed by atoms with Gasteiger partial charge in [-0.15, -0.1) is 0 Å². The number of rotatable bonds is 13. The average Bonchev–Trinajstić information content (AvgIpc) is 3.15. The molecule has 0 aromatic rings. The second-order valence-corrected chi connectivity index (χ2v) is 11.4. The summed E-state index contributed by atoms with van der Waals surface area (Å²) in [6.45, 7) is 16.9. The summed E-state index contributed by atoms with van der Waals surface area (Å²) in [5.74, 6) is -0.244.